The van der Waals surface area contributed by atoms with Gasteiger partial charge in [0.2, 0.25) is 5.91 Å². The molecule has 1 aromatic carbocycles. The minimum atomic E-state index is -0.448. The molecular weight excluding hydrogens is 276 g/mol. The second kappa shape index (κ2) is 8.93. The van der Waals surface area contributed by atoms with Crippen molar-refractivity contribution in [2.75, 3.05) is 32.4 Å². The summed E-state index contributed by atoms with van der Waals surface area (Å²) in [6.07, 6.45) is 0.739. The number of nitrogens with two attached hydrogens (primary N) is 1. The second-order valence-electron chi connectivity index (χ2n) is 4.15. The van der Waals surface area contributed by atoms with Crippen molar-refractivity contribution in [1.29, 1.82) is 0 Å². The number of methoxy groups -OCH3 is 1. The van der Waals surface area contributed by atoms with Crippen LogP contribution in [0.5, 0.6) is 5.75 Å². The molecule has 0 unspecified atom stereocenters. The number of hydrogen-bond donors (Lipinski definition) is 2. The molecule has 1 rings (SSSR count). The number of amides is 1. The van der Waals surface area contributed by atoms with Crippen molar-refractivity contribution in [1.82, 2.24) is 0 Å². The minimum Gasteiger partial charge on any atom is -0.465 e. The largest absolute Gasteiger partial charge is 0.465 e. The first-order chi connectivity index (χ1) is 10.1. The summed E-state index contributed by atoms with van der Waals surface area (Å²) >= 11 is 0. The van der Waals surface area contributed by atoms with E-state index in [-0.39, 0.29) is 19.2 Å². The van der Waals surface area contributed by atoms with Crippen LogP contribution in [0.1, 0.15) is 23.7 Å². The summed E-state index contributed by atoms with van der Waals surface area (Å²) in [4.78, 5) is 23.2. The molecule has 0 bridgehead atoms. The number of anilines is 1. The lowest BCUT2D eigenvalue weighted by atomic mass is 10.2. The van der Waals surface area contributed by atoms with E-state index in [4.69, 9.17) is 19.9 Å². The fraction of sp³-hybridized carbons (Fsp3) is 0.429. The van der Waals surface area contributed by atoms with Gasteiger partial charge in [-0.05, 0) is 24.6 Å². The number of nitrogens with one attached hydrogen (secondary N) is 1. The third kappa shape index (κ3) is 5.41. The Hall–Kier alpha value is -2.12. The predicted molar refractivity (Wildman–Crippen MR) is 77.2 cm³/mol. The Balaban J connectivity index is 2.94. The smallest absolute Gasteiger partial charge is 0.338 e. The number of carbonyl (C=O) groups excluding carboxylic acids is 2. The van der Waals surface area contributed by atoms with Gasteiger partial charge in [-0.15, -0.1) is 0 Å². The summed E-state index contributed by atoms with van der Waals surface area (Å²) in [5.41, 5.74) is 6.00. The molecule has 0 atom stereocenters. The van der Waals surface area contributed by atoms with Gasteiger partial charge >= 0.3 is 5.97 Å². The lowest BCUT2D eigenvalue weighted by Crippen LogP contribution is -2.22. The molecule has 1 amide bonds. The van der Waals surface area contributed by atoms with Crippen LogP contribution in [0.2, 0.25) is 0 Å². The Labute approximate surface area is 123 Å². The summed E-state index contributed by atoms with van der Waals surface area (Å²) in [5, 5.41) is 2.58. The quantitative estimate of drug-likeness (QED) is 0.551. The zero-order valence-corrected chi connectivity index (χ0v) is 12.2. The van der Waals surface area contributed by atoms with Crippen molar-refractivity contribution in [3.8, 4) is 5.75 Å². The molecule has 0 saturated carbocycles. The maximum Gasteiger partial charge on any atom is 0.338 e. The van der Waals surface area contributed by atoms with E-state index in [1.54, 1.807) is 12.1 Å². The van der Waals surface area contributed by atoms with Gasteiger partial charge in [0.1, 0.15) is 5.75 Å². The van der Waals surface area contributed by atoms with E-state index in [9.17, 15) is 9.59 Å². The van der Waals surface area contributed by atoms with Gasteiger partial charge in [0, 0.05) is 7.11 Å². The van der Waals surface area contributed by atoms with Crippen molar-refractivity contribution in [3.05, 3.63) is 23.8 Å². The topological polar surface area (TPSA) is 99.9 Å². The Bertz CT molecular complexity index is 490. The van der Waals surface area contributed by atoms with Crippen LogP contribution < -0.4 is 15.8 Å². The van der Waals surface area contributed by atoms with Crippen LogP contribution in [0.25, 0.3) is 0 Å². The Kier molecular flexibility index (Phi) is 7.20. The molecule has 0 heterocycles. The molecule has 0 aliphatic carbocycles. The molecule has 7 heteroatoms. The SMILES string of the molecule is CCCOC(=O)c1ccc(NC(=O)CN)c(OCOC)c1. The lowest BCUT2D eigenvalue weighted by Gasteiger charge is -2.13. The molecule has 0 fully saturated rings. The highest BCUT2D eigenvalue weighted by Crippen LogP contribution is 2.26. The van der Waals surface area contributed by atoms with Gasteiger partial charge in [-0.2, -0.15) is 0 Å². The minimum absolute atomic E-state index is 0.0149. The Morgan fingerprint density at radius 2 is 2.10 bits per heavy atom. The molecule has 0 saturated heterocycles. The van der Waals surface area contributed by atoms with Crippen molar-refractivity contribution in [2.24, 2.45) is 5.73 Å². The highest BCUT2D eigenvalue weighted by atomic mass is 16.7. The standard InChI is InChI=1S/C14H20N2O5/c1-3-6-20-14(18)10-4-5-11(16-13(17)8-15)12(7-10)21-9-19-2/h4-5,7H,3,6,8-9,15H2,1-2H3,(H,16,17). The van der Waals surface area contributed by atoms with E-state index in [0.29, 0.717) is 23.6 Å². The average Bonchev–Trinajstić information content (AvgIpc) is 2.51. The first kappa shape index (κ1) is 16.9. The lowest BCUT2D eigenvalue weighted by molar-refractivity contribution is -0.114. The molecule has 21 heavy (non-hydrogen) atoms. The summed E-state index contributed by atoms with van der Waals surface area (Å²) in [6, 6.07) is 4.59. The maximum absolute atomic E-state index is 11.8. The van der Waals surface area contributed by atoms with Crippen LogP contribution in [0, 0.1) is 0 Å². The van der Waals surface area contributed by atoms with E-state index in [2.05, 4.69) is 5.32 Å². The highest BCUT2D eigenvalue weighted by molar-refractivity contribution is 5.95. The molecule has 0 aliphatic heterocycles. The fourth-order valence-electron chi connectivity index (χ4n) is 1.47. The van der Waals surface area contributed by atoms with E-state index in [1.807, 2.05) is 6.92 Å². The molecule has 0 aliphatic rings. The predicted octanol–water partition coefficient (Wildman–Crippen LogP) is 1.13. The maximum atomic E-state index is 11.8. The van der Waals surface area contributed by atoms with Gasteiger partial charge in [-0.1, -0.05) is 6.92 Å². The molecule has 1 aromatic rings. The summed E-state index contributed by atoms with van der Waals surface area (Å²) in [5.74, 6) is -0.501. The molecule has 0 aromatic heterocycles. The molecule has 0 radical (unpaired) electrons. The Morgan fingerprint density at radius 1 is 1.33 bits per heavy atom. The number of esters is 1. The van der Waals surface area contributed by atoms with Crippen molar-refractivity contribution in [2.45, 2.75) is 13.3 Å². The molecule has 3 N–H and O–H groups in total. The first-order valence-corrected chi connectivity index (χ1v) is 6.55. The van der Waals surface area contributed by atoms with Gasteiger partial charge < -0.3 is 25.3 Å². The molecule has 7 nitrogen and oxygen atoms in total. The molecular formula is C14H20N2O5. The van der Waals surface area contributed by atoms with Crippen molar-refractivity contribution < 1.29 is 23.8 Å². The van der Waals surface area contributed by atoms with Crippen LogP contribution in [0.3, 0.4) is 0 Å². The van der Waals surface area contributed by atoms with E-state index < -0.39 is 5.97 Å². The average molecular weight is 296 g/mol. The van der Waals surface area contributed by atoms with Crippen molar-refractivity contribution >= 4 is 17.6 Å². The van der Waals surface area contributed by atoms with Gasteiger partial charge in [0.15, 0.2) is 6.79 Å². The van der Waals surface area contributed by atoms with Crippen LogP contribution in [0.15, 0.2) is 18.2 Å². The van der Waals surface area contributed by atoms with Crippen molar-refractivity contribution in [3.63, 3.8) is 0 Å². The van der Waals surface area contributed by atoms with Gasteiger partial charge in [-0.3, -0.25) is 4.79 Å². The van der Waals surface area contributed by atoms with Gasteiger partial charge in [-0.25, -0.2) is 4.79 Å². The summed E-state index contributed by atoms with van der Waals surface area (Å²) in [7, 11) is 1.47. The third-order valence-corrected chi connectivity index (χ3v) is 2.45. The van der Waals surface area contributed by atoms with Gasteiger partial charge in [0.05, 0.1) is 24.4 Å². The highest BCUT2D eigenvalue weighted by Gasteiger charge is 2.13. The summed E-state index contributed by atoms with van der Waals surface area (Å²) < 4.78 is 15.2. The van der Waals surface area contributed by atoms with Crippen LogP contribution in [-0.4, -0.2) is 38.9 Å². The third-order valence-electron chi connectivity index (χ3n) is 2.45. The first-order valence-electron chi connectivity index (χ1n) is 6.55. The molecule has 116 valence electrons. The zero-order chi connectivity index (χ0) is 15.7. The number of ether oxygens (including phenoxy) is 3. The fourth-order valence-corrected chi connectivity index (χ4v) is 1.47. The summed E-state index contributed by atoms with van der Waals surface area (Å²) in [6.45, 7) is 2.09. The molecule has 0 spiro atoms. The van der Waals surface area contributed by atoms with Crippen LogP contribution in [-0.2, 0) is 14.3 Å². The number of carbonyl (C=O) groups is 2. The number of rotatable bonds is 8. The normalized spacial score (nSPS) is 10.0. The Morgan fingerprint density at radius 3 is 2.71 bits per heavy atom. The zero-order valence-electron chi connectivity index (χ0n) is 12.2. The van der Waals surface area contributed by atoms with Crippen LogP contribution in [0.4, 0.5) is 5.69 Å². The number of benzene rings is 1. The number of hydrogen-bond acceptors (Lipinski definition) is 6. The van der Waals surface area contributed by atoms with Crippen LogP contribution >= 0.6 is 0 Å². The van der Waals surface area contributed by atoms with Gasteiger partial charge in [0.25, 0.3) is 0 Å². The van der Waals surface area contributed by atoms with E-state index in [0.717, 1.165) is 6.42 Å². The monoisotopic (exact) mass is 296 g/mol. The van der Waals surface area contributed by atoms with E-state index >= 15 is 0 Å². The van der Waals surface area contributed by atoms with E-state index in [1.165, 1.54) is 13.2 Å². The second-order valence-corrected chi connectivity index (χ2v) is 4.15.